The minimum Gasteiger partial charge on any atom is -0.465 e. The van der Waals surface area contributed by atoms with Gasteiger partial charge in [0.05, 0.1) is 13.2 Å². The van der Waals surface area contributed by atoms with E-state index in [-0.39, 0.29) is 5.78 Å². The second-order valence-electron chi connectivity index (χ2n) is 3.93. The van der Waals surface area contributed by atoms with Gasteiger partial charge in [-0.15, -0.1) is 0 Å². The van der Waals surface area contributed by atoms with Gasteiger partial charge in [-0.3, -0.25) is 9.59 Å². The Hall–Kier alpha value is -0.550. The van der Waals surface area contributed by atoms with Crippen LogP contribution in [-0.4, -0.2) is 42.6 Å². The second-order valence-corrected chi connectivity index (χ2v) is 5.08. The van der Waals surface area contributed by atoms with Crippen molar-refractivity contribution in [3.8, 4) is 0 Å². The number of Topliss-reactive ketones (excluding diaryl/α,β-unsaturated/α-hetero) is 1. The lowest BCUT2D eigenvalue weighted by Gasteiger charge is -2.24. The molecule has 5 heteroatoms. The van der Waals surface area contributed by atoms with Crippen LogP contribution in [0.5, 0.6) is 0 Å². The normalized spacial score (nSPS) is 21.9. The van der Waals surface area contributed by atoms with Crippen molar-refractivity contribution >= 4 is 23.5 Å². The standard InChI is InChI=1S/C12H20O4S/c1-3-5-9(12(14)15-4-2)11(13)10-8-17-7-6-16-10/h9-10H,3-8H2,1-2H3. The first-order valence-corrected chi connectivity index (χ1v) is 7.25. The lowest BCUT2D eigenvalue weighted by atomic mass is 9.95. The number of esters is 1. The summed E-state index contributed by atoms with van der Waals surface area (Å²) in [5.74, 6) is 0.403. The van der Waals surface area contributed by atoms with E-state index in [0.29, 0.717) is 25.4 Å². The summed E-state index contributed by atoms with van der Waals surface area (Å²) in [6.45, 7) is 4.60. The summed E-state index contributed by atoms with van der Waals surface area (Å²) < 4.78 is 10.4. The molecule has 0 aromatic carbocycles. The van der Waals surface area contributed by atoms with Crippen LogP contribution in [0.4, 0.5) is 0 Å². The minimum absolute atomic E-state index is 0.113. The molecule has 98 valence electrons. The number of hydrogen-bond donors (Lipinski definition) is 0. The van der Waals surface area contributed by atoms with Crippen molar-refractivity contribution in [1.29, 1.82) is 0 Å². The molecule has 0 aliphatic carbocycles. The molecule has 1 aliphatic heterocycles. The molecule has 0 spiro atoms. The zero-order chi connectivity index (χ0) is 12.7. The van der Waals surface area contributed by atoms with Crippen molar-refractivity contribution < 1.29 is 19.1 Å². The highest BCUT2D eigenvalue weighted by atomic mass is 32.2. The predicted molar refractivity (Wildman–Crippen MR) is 67.1 cm³/mol. The molecular weight excluding hydrogens is 240 g/mol. The molecule has 4 nitrogen and oxygen atoms in total. The molecule has 1 rings (SSSR count). The van der Waals surface area contributed by atoms with Crippen LogP contribution in [0.3, 0.4) is 0 Å². The molecule has 0 aromatic heterocycles. The fourth-order valence-corrected chi connectivity index (χ4v) is 2.64. The molecule has 0 aromatic rings. The van der Waals surface area contributed by atoms with Crippen molar-refractivity contribution in [2.75, 3.05) is 24.7 Å². The van der Waals surface area contributed by atoms with Gasteiger partial charge in [-0.2, -0.15) is 11.8 Å². The molecule has 17 heavy (non-hydrogen) atoms. The number of rotatable bonds is 6. The Labute approximate surface area is 106 Å². The monoisotopic (exact) mass is 260 g/mol. The zero-order valence-electron chi connectivity index (χ0n) is 10.4. The van der Waals surface area contributed by atoms with Gasteiger partial charge in [0.15, 0.2) is 5.78 Å². The van der Waals surface area contributed by atoms with Crippen molar-refractivity contribution in [1.82, 2.24) is 0 Å². The molecule has 1 fully saturated rings. The third-order valence-corrected chi connectivity index (χ3v) is 3.62. The molecule has 0 bridgehead atoms. The maximum atomic E-state index is 12.2. The van der Waals surface area contributed by atoms with Crippen LogP contribution in [0.25, 0.3) is 0 Å². The summed E-state index contributed by atoms with van der Waals surface area (Å²) in [5, 5.41) is 0. The quantitative estimate of drug-likeness (QED) is 0.537. The van der Waals surface area contributed by atoms with E-state index in [4.69, 9.17) is 9.47 Å². The smallest absolute Gasteiger partial charge is 0.316 e. The SMILES string of the molecule is CCCC(C(=O)OCC)C(=O)C1CSCCO1. The van der Waals surface area contributed by atoms with Gasteiger partial charge in [0.1, 0.15) is 12.0 Å². The Bertz CT molecular complexity index is 261. The summed E-state index contributed by atoms with van der Waals surface area (Å²) in [6.07, 6.45) is 0.895. The first kappa shape index (κ1) is 14.5. The van der Waals surface area contributed by atoms with E-state index in [1.165, 1.54) is 0 Å². The highest BCUT2D eigenvalue weighted by molar-refractivity contribution is 7.99. The average Bonchev–Trinajstić information content (AvgIpc) is 2.36. The number of ether oxygens (including phenoxy) is 2. The van der Waals surface area contributed by atoms with E-state index >= 15 is 0 Å². The highest BCUT2D eigenvalue weighted by Crippen LogP contribution is 2.20. The Kier molecular flexibility index (Phi) is 6.58. The number of ketones is 1. The van der Waals surface area contributed by atoms with E-state index in [1.807, 2.05) is 6.92 Å². The first-order valence-electron chi connectivity index (χ1n) is 6.10. The maximum absolute atomic E-state index is 12.2. The lowest BCUT2D eigenvalue weighted by molar-refractivity contribution is -0.154. The molecule has 1 saturated heterocycles. The van der Waals surface area contributed by atoms with Gasteiger partial charge in [-0.25, -0.2) is 0 Å². The van der Waals surface area contributed by atoms with Crippen LogP contribution in [0.1, 0.15) is 26.7 Å². The summed E-state index contributed by atoms with van der Waals surface area (Å²) in [6, 6.07) is 0. The van der Waals surface area contributed by atoms with Gasteiger partial charge in [0.2, 0.25) is 0 Å². The summed E-state index contributed by atoms with van der Waals surface area (Å²) in [5.41, 5.74) is 0. The van der Waals surface area contributed by atoms with E-state index in [0.717, 1.165) is 12.2 Å². The maximum Gasteiger partial charge on any atom is 0.316 e. The van der Waals surface area contributed by atoms with E-state index in [9.17, 15) is 9.59 Å². The molecule has 0 amide bonds. The Morgan fingerprint density at radius 1 is 1.47 bits per heavy atom. The van der Waals surface area contributed by atoms with Crippen LogP contribution in [0.15, 0.2) is 0 Å². The van der Waals surface area contributed by atoms with Crippen molar-refractivity contribution in [3.05, 3.63) is 0 Å². The molecule has 1 heterocycles. The topological polar surface area (TPSA) is 52.6 Å². The van der Waals surface area contributed by atoms with Crippen LogP contribution >= 0.6 is 11.8 Å². The van der Waals surface area contributed by atoms with Crippen LogP contribution in [0.2, 0.25) is 0 Å². The van der Waals surface area contributed by atoms with Gasteiger partial charge in [-0.05, 0) is 13.3 Å². The number of carbonyl (C=O) groups is 2. The molecule has 1 aliphatic rings. The second kappa shape index (κ2) is 7.71. The van der Waals surface area contributed by atoms with Crippen LogP contribution in [0, 0.1) is 5.92 Å². The van der Waals surface area contributed by atoms with Gasteiger partial charge in [0.25, 0.3) is 0 Å². The highest BCUT2D eigenvalue weighted by Gasteiger charge is 2.34. The fraction of sp³-hybridized carbons (Fsp3) is 0.833. The third kappa shape index (κ3) is 4.32. The fourth-order valence-electron chi connectivity index (χ4n) is 1.78. The summed E-state index contributed by atoms with van der Waals surface area (Å²) >= 11 is 1.69. The van der Waals surface area contributed by atoms with Gasteiger partial charge in [-0.1, -0.05) is 13.3 Å². The van der Waals surface area contributed by atoms with Crippen molar-refractivity contribution in [2.24, 2.45) is 5.92 Å². The van der Waals surface area contributed by atoms with Gasteiger partial charge < -0.3 is 9.47 Å². The van der Waals surface area contributed by atoms with Crippen molar-refractivity contribution in [2.45, 2.75) is 32.8 Å². The van der Waals surface area contributed by atoms with E-state index < -0.39 is 18.0 Å². The summed E-state index contributed by atoms with van der Waals surface area (Å²) in [7, 11) is 0. The third-order valence-electron chi connectivity index (χ3n) is 2.63. The van der Waals surface area contributed by atoms with Gasteiger partial charge >= 0.3 is 5.97 Å². The van der Waals surface area contributed by atoms with Crippen molar-refractivity contribution in [3.63, 3.8) is 0 Å². The predicted octanol–water partition coefficient (Wildman–Crippen LogP) is 1.67. The first-order chi connectivity index (χ1) is 8.20. The molecule has 0 N–H and O–H groups in total. The summed E-state index contributed by atoms with van der Waals surface area (Å²) in [4.78, 5) is 23.9. The van der Waals surface area contributed by atoms with Crippen LogP contribution in [-0.2, 0) is 19.1 Å². The lowest BCUT2D eigenvalue weighted by Crippen LogP contribution is -2.39. The average molecular weight is 260 g/mol. The largest absolute Gasteiger partial charge is 0.465 e. The minimum atomic E-state index is -0.649. The van der Waals surface area contributed by atoms with E-state index in [1.54, 1.807) is 18.7 Å². The molecule has 0 radical (unpaired) electrons. The van der Waals surface area contributed by atoms with E-state index in [2.05, 4.69) is 0 Å². The molecule has 2 unspecified atom stereocenters. The number of hydrogen-bond acceptors (Lipinski definition) is 5. The van der Waals surface area contributed by atoms with Gasteiger partial charge in [0, 0.05) is 11.5 Å². The van der Waals surface area contributed by atoms with Crippen LogP contribution < -0.4 is 0 Å². The Morgan fingerprint density at radius 2 is 2.24 bits per heavy atom. The zero-order valence-corrected chi connectivity index (χ0v) is 11.3. The molecule has 0 saturated carbocycles. The Morgan fingerprint density at radius 3 is 2.76 bits per heavy atom. The number of carbonyl (C=O) groups excluding carboxylic acids is 2. The molecule has 2 atom stereocenters. The molecular formula is C12H20O4S. The Balaban J connectivity index is 2.61. The number of thioether (sulfide) groups is 1.